The highest BCUT2D eigenvalue weighted by Crippen LogP contribution is 2.23. The molecule has 13 nitrogen and oxygen atoms in total. The summed E-state index contributed by atoms with van der Waals surface area (Å²) in [7, 11) is 1.61. The Bertz CT molecular complexity index is 1980. The van der Waals surface area contributed by atoms with Crippen LogP contribution < -0.4 is 4.74 Å². The van der Waals surface area contributed by atoms with Gasteiger partial charge in [0.05, 0.1) is 24.7 Å². The van der Waals surface area contributed by atoms with E-state index in [2.05, 4.69) is 191 Å². The molecule has 0 bridgehead atoms. The third kappa shape index (κ3) is 23.3. The van der Waals surface area contributed by atoms with E-state index in [4.69, 9.17) is 4.74 Å². The predicted molar refractivity (Wildman–Crippen MR) is 256 cm³/mol. The first-order valence-electron chi connectivity index (χ1n) is 21.5. The Morgan fingerprint density at radius 3 is 1.33 bits per heavy atom. The van der Waals surface area contributed by atoms with Gasteiger partial charge in [0.25, 0.3) is 0 Å². The van der Waals surface area contributed by atoms with Gasteiger partial charge < -0.3 is 4.74 Å². The molecule has 6 aromatic rings. The molecule has 0 spiro atoms. The lowest BCUT2D eigenvalue weighted by Crippen LogP contribution is -2.14. The van der Waals surface area contributed by atoms with E-state index >= 15 is 0 Å². The second-order valence-electron chi connectivity index (χ2n) is 19.8. The SMILES string of the molecule is CC(C)(C)c1ccnnc1.CC(C)(C)c1cnccn1.CC(C)c1cc(C(C)(C)C)ncn1.CC(C)c1ccncn1.CC(C)c1cncnc1.COc1cc(C(C)(C)C)ncn1. The number of aromatic nitrogens is 12. The van der Waals surface area contributed by atoms with Gasteiger partial charge in [-0.1, -0.05) is 125 Å². The van der Waals surface area contributed by atoms with Crippen molar-refractivity contribution in [1.82, 2.24) is 60.0 Å². The quantitative estimate of drug-likeness (QED) is 0.165. The van der Waals surface area contributed by atoms with Crippen LogP contribution in [0.15, 0.2) is 99.1 Å². The first-order chi connectivity index (χ1) is 29.3. The lowest BCUT2D eigenvalue weighted by molar-refractivity contribution is 0.393. The highest BCUT2D eigenvalue weighted by Gasteiger charge is 2.18. The monoisotopic (exact) mass is 861 g/mol. The highest BCUT2D eigenvalue weighted by atomic mass is 16.5. The van der Waals surface area contributed by atoms with Crippen LogP contribution in [0, 0.1) is 0 Å². The van der Waals surface area contributed by atoms with Crippen LogP contribution in [-0.2, 0) is 21.7 Å². The summed E-state index contributed by atoms with van der Waals surface area (Å²) in [6.45, 7) is 38.4. The summed E-state index contributed by atoms with van der Waals surface area (Å²) in [5.41, 5.74) is 8.27. The van der Waals surface area contributed by atoms with Crippen molar-refractivity contribution in [3.63, 3.8) is 0 Å². The molecule has 6 aromatic heterocycles. The zero-order chi connectivity index (χ0) is 47.9. The Balaban J connectivity index is 0.000000380. The summed E-state index contributed by atoms with van der Waals surface area (Å²) < 4.78 is 5.00. The van der Waals surface area contributed by atoms with Gasteiger partial charge in [0.2, 0.25) is 5.88 Å². The zero-order valence-electron chi connectivity index (χ0n) is 41.7. The molecule has 0 aliphatic rings. The summed E-state index contributed by atoms with van der Waals surface area (Å²) in [6, 6.07) is 7.89. The topological polar surface area (TPSA) is 164 Å². The standard InChI is InChI=1S/C11H18N2.C9H14N2O.2C8H12N2.2C7H10N2/c1-8(2)9-6-10(11(3,4)5)13-7-12-9;1-9(2,3)7-5-8(12-4)11-6-10-7;1-8(2,3)7-6-9-4-5-10-7;1-8(2,3)7-4-5-9-10-6-7;1-6(2)7-3-8-5-9-4-7;1-6(2)7-3-4-8-5-9-7/h6-8H,1-5H3;5-6H,1-4H3;2*4-6H,1-3H3;2*3-6H,1-2H3. The first-order valence-corrected chi connectivity index (χ1v) is 21.5. The molecule has 6 heterocycles. The molecule has 0 N–H and O–H groups in total. The Labute approximate surface area is 379 Å². The molecule has 0 atom stereocenters. The van der Waals surface area contributed by atoms with Gasteiger partial charge in [-0.15, -0.1) is 0 Å². The minimum atomic E-state index is 0.0518. The maximum atomic E-state index is 5.00. The fourth-order valence-corrected chi connectivity index (χ4v) is 4.63. The Morgan fingerprint density at radius 2 is 0.968 bits per heavy atom. The summed E-state index contributed by atoms with van der Waals surface area (Å²) in [6.07, 6.45) is 20.5. The molecule has 0 aromatic carbocycles. The molecule has 6 rings (SSSR count). The summed E-state index contributed by atoms with van der Waals surface area (Å²) >= 11 is 0. The normalized spacial score (nSPS) is 11.2. The van der Waals surface area contributed by atoms with Gasteiger partial charge in [-0.3, -0.25) is 9.97 Å². The average molecular weight is 861 g/mol. The largest absolute Gasteiger partial charge is 0.481 e. The summed E-state index contributed by atoms with van der Waals surface area (Å²) in [4.78, 5) is 40.5. The minimum absolute atomic E-state index is 0.0518. The van der Waals surface area contributed by atoms with Crippen molar-refractivity contribution < 1.29 is 4.74 Å². The second kappa shape index (κ2) is 26.7. The van der Waals surface area contributed by atoms with E-state index in [1.165, 1.54) is 17.5 Å². The lowest BCUT2D eigenvalue weighted by Gasteiger charge is -2.18. The number of rotatable bonds is 4. The molecular formula is C50H76N12O. The summed E-state index contributed by atoms with van der Waals surface area (Å²) in [5, 5.41) is 7.51. The number of ether oxygens (including phenoxy) is 1. The predicted octanol–water partition coefficient (Wildman–Crippen LogP) is 11.4. The lowest BCUT2D eigenvalue weighted by atomic mass is 9.89. The van der Waals surface area contributed by atoms with Gasteiger partial charge in [0.15, 0.2) is 0 Å². The Kier molecular flexibility index (Phi) is 23.4. The molecule has 342 valence electrons. The second-order valence-corrected chi connectivity index (χ2v) is 19.8. The van der Waals surface area contributed by atoms with Gasteiger partial charge >= 0.3 is 0 Å². The smallest absolute Gasteiger partial charge is 0.216 e. The van der Waals surface area contributed by atoms with Crippen LogP contribution in [0.5, 0.6) is 5.88 Å². The molecule has 0 saturated carbocycles. The van der Waals surface area contributed by atoms with Crippen molar-refractivity contribution in [2.24, 2.45) is 0 Å². The van der Waals surface area contributed by atoms with E-state index in [-0.39, 0.29) is 21.7 Å². The minimum Gasteiger partial charge on any atom is -0.481 e. The van der Waals surface area contributed by atoms with Crippen LogP contribution >= 0.6 is 0 Å². The van der Waals surface area contributed by atoms with Crippen molar-refractivity contribution >= 4 is 0 Å². The van der Waals surface area contributed by atoms with E-state index in [0.717, 1.165) is 28.5 Å². The molecule has 0 unspecified atom stereocenters. The van der Waals surface area contributed by atoms with Crippen molar-refractivity contribution in [2.45, 2.75) is 164 Å². The molecule has 0 amide bonds. The van der Waals surface area contributed by atoms with Crippen LogP contribution in [0.25, 0.3) is 0 Å². The maximum Gasteiger partial charge on any atom is 0.216 e. The van der Waals surface area contributed by atoms with E-state index in [1.807, 2.05) is 30.6 Å². The van der Waals surface area contributed by atoms with E-state index < -0.39 is 0 Å². The van der Waals surface area contributed by atoms with E-state index in [0.29, 0.717) is 23.6 Å². The fourth-order valence-electron chi connectivity index (χ4n) is 4.63. The number of hydrogen-bond acceptors (Lipinski definition) is 13. The summed E-state index contributed by atoms with van der Waals surface area (Å²) in [5.74, 6) is 2.14. The van der Waals surface area contributed by atoms with Crippen LogP contribution in [-0.4, -0.2) is 67.1 Å². The number of methoxy groups -OCH3 is 1. The molecule has 0 aliphatic carbocycles. The highest BCUT2D eigenvalue weighted by molar-refractivity contribution is 5.20. The zero-order valence-corrected chi connectivity index (χ0v) is 41.7. The van der Waals surface area contributed by atoms with Gasteiger partial charge in [-0.2, -0.15) is 10.2 Å². The van der Waals surface area contributed by atoms with Crippen molar-refractivity contribution in [3.05, 3.63) is 139 Å². The van der Waals surface area contributed by atoms with Crippen molar-refractivity contribution in [1.29, 1.82) is 0 Å². The fraction of sp³-hybridized carbons (Fsp3) is 0.520. The molecule has 0 saturated heterocycles. The molecular weight excluding hydrogens is 785 g/mol. The molecule has 0 fully saturated rings. The first kappa shape index (κ1) is 55.3. The van der Waals surface area contributed by atoms with Crippen molar-refractivity contribution in [2.75, 3.05) is 7.11 Å². The van der Waals surface area contributed by atoms with E-state index in [1.54, 1.807) is 63.3 Å². The molecule has 0 aliphatic heterocycles. The van der Waals surface area contributed by atoms with Gasteiger partial charge in [-0.25, -0.2) is 39.9 Å². The van der Waals surface area contributed by atoms with Crippen molar-refractivity contribution in [3.8, 4) is 5.88 Å². The average Bonchev–Trinajstić information content (AvgIpc) is 3.25. The molecule has 13 heteroatoms. The van der Waals surface area contributed by atoms with Gasteiger partial charge in [0.1, 0.15) is 25.3 Å². The number of hydrogen-bond donors (Lipinski definition) is 0. The molecule has 63 heavy (non-hydrogen) atoms. The third-order valence-electron chi connectivity index (χ3n) is 8.89. The van der Waals surface area contributed by atoms with E-state index in [9.17, 15) is 0 Å². The van der Waals surface area contributed by atoms with Gasteiger partial charge in [-0.05, 0) is 52.5 Å². The van der Waals surface area contributed by atoms with Gasteiger partial charge in [0, 0.05) is 82.8 Å². The Hall–Kier alpha value is -5.72. The third-order valence-corrected chi connectivity index (χ3v) is 8.89. The number of nitrogens with zero attached hydrogens (tertiary/aromatic N) is 12. The van der Waals surface area contributed by atoms with Crippen LogP contribution in [0.3, 0.4) is 0 Å². The molecule has 0 radical (unpaired) electrons. The Morgan fingerprint density at radius 1 is 0.413 bits per heavy atom. The van der Waals surface area contributed by atoms with Crippen LogP contribution in [0.2, 0.25) is 0 Å². The van der Waals surface area contributed by atoms with Crippen LogP contribution in [0.4, 0.5) is 0 Å². The van der Waals surface area contributed by atoms with Crippen LogP contribution in [0.1, 0.15) is 182 Å². The maximum absolute atomic E-state index is 5.00.